The highest BCUT2D eigenvalue weighted by molar-refractivity contribution is 5.96. The molecule has 0 aromatic carbocycles. The molecule has 2 aromatic heterocycles. The van der Waals surface area contributed by atoms with E-state index in [4.69, 9.17) is 0 Å². The van der Waals surface area contributed by atoms with Gasteiger partial charge >= 0.3 is 0 Å². The van der Waals surface area contributed by atoms with E-state index in [9.17, 15) is 9.18 Å². The van der Waals surface area contributed by atoms with E-state index in [1.165, 1.54) is 0 Å². The molecule has 124 valence electrons. The minimum Gasteiger partial charge on any atom is -0.338 e. The summed E-state index contributed by atoms with van der Waals surface area (Å²) in [6, 6.07) is 2.17. The third-order valence-corrected chi connectivity index (χ3v) is 4.71. The summed E-state index contributed by atoms with van der Waals surface area (Å²) in [5, 5.41) is 0. The second-order valence-corrected chi connectivity index (χ2v) is 6.16. The highest BCUT2D eigenvalue weighted by Crippen LogP contribution is 2.22. The molecule has 6 heteroatoms. The Morgan fingerprint density at radius 3 is 2.65 bits per heavy atom. The molecule has 0 radical (unpaired) electrons. The minimum absolute atomic E-state index is 0.0802. The van der Waals surface area contributed by atoms with Crippen molar-refractivity contribution in [3.63, 3.8) is 0 Å². The first-order valence-electron chi connectivity index (χ1n) is 8.40. The van der Waals surface area contributed by atoms with Gasteiger partial charge in [0, 0.05) is 25.3 Å². The lowest BCUT2D eigenvalue weighted by Crippen LogP contribution is -2.39. The molecule has 1 fully saturated rings. The molecule has 23 heavy (non-hydrogen) atoms. The molecule has 3 heterocycles. The van der Waals surface area contributed by atoms with Gasteiger partial charge in [-0.2, -0.15) is 0 Å². The fourth-order valence-corrected chi connectivity index (χ4v) is 3.22. The van der Waals surface area contributed by atoms with Gasteiger partial charge in [-0.1, -0.05) is 13.8 Å². The quantitative estimate of drug-likeness (QED) is 0.868. The van der Waals surface area contributed by atoms with Gasteiger partial charge < -0.3 is 9.47 Å². The number of rotatable bonds is 4. The second kappa shape index (κ2) is 6.64. The summed E-state index contributed by atoms with van der Waals surface area (Å²) in [6.45, 7) is 5.24. The Morgan fingerprint density at radius 2 is 2.00 bits per heavy atom. The van der Waals surface area contributed by atoms with E-state index in [0.29, 0.717) is 37.5 Å². The third kappa shape index (κ3) is 3.07. The second-order valence-electron chi connectivity index (χ2n) is 6.16. The van der Waals surface area contributed by atoms with Gasteiger partial charge in [0.1, 0.15) is 11.7 Å². The van der Waals surface area contributed by atoms with Crippen molar-refractivity contribution in [2.24, 2.45) is 0 Å². The molecule has 0 unspecified atom stereocenters. The normalized spacial score (nSPS) is 16.4. The number of aromatic nitrogens is 3. The smallest absolute Gasteiger partial charge is 0.255 e. The Hall–Kier alpha value is -1.98. The monoisotopic (exact) mass is 318 g/mol. The zero-order valence-electron chi connectivity index (χ0n) is 13.7. The average molecular weight is 318 g/mol. The van der Waals surface area contributed by atoms with Crippen LogP contribution in [0.15, 0.2) is 18.6 Å². The number of carbonyl (C=O) groups excluding carboxylic acids is 1. The molecule has 0 bridgehead atoms. The SMILES string of the molecule is CCC(CC)n1cnc2cc(C(=O)N3CCC(F)CC3)cnc21. The number of fused-ring (bicyclic) bond motifs is 1. The molecule has 1 aliphatic heterocycles. The third-order valence-electron chi connectivity index (χ3n) is 4.71. The van der Waals surface area contributed by atoms with Crippen LogP contribution in [-0.2, 0) is 0 Å². The maximum Gasteiger partial charge on any atom is 0.255 e. The van der Waals surface area contributed by atoms with Gasteiger partial charge in [0.25, 0.3) is 5.91 Å². The molecular weight excluding hydrogens is 295 g/mol. The highest BCUT2D eigenvalue weighted by atomic mass is 19.1. The summed E-state index contributed by atoms with van der Waals surface area (Å²) in [5.41, 5.74) is 2.09. The lowest BCUT2D eigenvalue weighted by molar-refractivity contribution is 0.0666. The molecule has 0 saturated carbocycles. The minimum atomic E-state index is -0.782. The van der Waals surface area contributed by atoms with Crippen LogP contribution < -0.4 is 0 Å². The van der Waals surface area contributed by atoms with Gasteiger partial charge in [-0.3, -0.25) is 4.79 Å². The number of likely N-dealkylation sites (tertiary alicyclic amines) is 1. The summed E-state index contributed by atoms with van der Waals surface area (Å²) in [5.74, 6) is -0.0802. The van der Waals surface area contributed by atoms with Crippen LogP contribution in [0.25, 0.3) is 11.2 Å². The first-order chi connectivity index (χ1) is 11.1. The number of piperidine rings is 1. The molecule has 1 saturated heterocycles. The van der Waals surface area contributed by atoms with E-state index < -0.39 is 6.17 Å². The van der Waals surface area contributed by atoms with Crippen LogP contribution >= 0.6 is 0 Å². The van der Waals surface area contributed by atoms with Crippen LogP contribution in [0.3, 0.4) is 0 Å². The van der Waals surface area contributed by atoms with E-state index in [1.54, 1.807) is 23.5 Å². The topological polar surface area (TPSA) is 51.0 Å². The van der Waals surface area contributed by atoms with Crippen molar-refractivity contribution >= 4 is 17.1 Å². The number of hydrogen-bond acceptors (Lipinski definition) is 3. The summed E-state index contributed by atoms with van der Waals surface area (Å²) in [4.78, 5) is 23.1. The summed E-state index contributed by atoms with van der Waals surface area (Å²) in [6.07, 6.45) is 5.51. The Kier molecular flexibility index (Phi) is 4.59. The molecule has 1 amide bonds. The number of hydrogen-bond donors (Lipinski definition) is 0. The van der Waals surface area contributed by atoms with E-state index in [2.05, 4.69) is 28.4 Å². The number of pyridine rings is 1. The van der Waals surface area contributed by atoms with Crippen molar-refractivity contribution < 1.29 is 9.18 Å². The van der Waals surface area contributed by atoms with Crippen molar-refractivity contribution in [1.29, 1.82) is 0 Å². The summed E-state index contributed by atoms with van der Waals surface area (Å²) in [7, 11) is 0. The average Bonchev–Trinajstić information content (AvgIpc) is 2.99. The van der Waals surface area contributed by atoms with Crippen LogP contribution in [0.4, 0.5) is 4.39 Å². The largest absolute Gasteiger partial charge is 0.338 e. The Morgan fingerprint density at radius 1 is 1.30 bits per heavy atom. The van der Waals surface area contributed by atoms with Crippen LogP contribution in [-0.4, -0.2) is 44.6 Å². The summed E-state index contributed by atoms with van der Waals surface area (Å²) < 4.78 is 15.3. The molecule has 3 rings (SSSR count). The van der Waals surface area contributed by atoms with E-state index in [-0.39, 0.29) is 5.91 Å². The van der Waals surface area contributed by atoms with Crippen molar-refractivity contribution in [2.75, 3.05) is 13.1 Å². The van der Waals surface area contributed by atoms with Crippen LogP contribution in [0.5, 0.6) is 0 Å². The van der Waals surface area contributed by atoms with E-state index in [0.717, 1.165) is 24.0 Å². The first kappa shape index (κ1) is 15.9. The highest BCUT2D eigenvalue weighted by Gasteiger charge is 2.24. The fraction of sp³-hybridized carbons (Fsp3) is 0.588. The van der Waals surface area contributed by atoms with Gasteiger partial charge in [0.2, 0.25) is 0 Å². The van der Waals surface area contributed by atoms with E-state index in [1.807, 2.05) is 0 Å². The molecule has 1 aliphatic rings. The lowest BCUT2D eigenvalue weighted by Gasteiger charge is -2.28. The number of carbonyl (C=O) groups is 1. The maximum absolute atomic E-state index is 13.2. The van der Waals surface area contributed by atoms with Crippen molar-refractivity contribution in [2.45, 2.75) is 51.7 Å². The number of imidazole rings is 1. The predicted molar refractivity (Wildman–Crippen MR) is 87.2 cm³/mol. The number of nitrogens with zero attached hydrogens (tertiary/aromatic N) is 4. The zero-order valence-corrected chi connectivity index (χ0v) is 13.7. The number of halogens is 1. The van der Waals surface area contributed by atoms with Crippen molar-refractivity contribution in [1.82, 2.24) is 19.4 Å². The standard InChI is InChI=1S/C17H23FN4O/c1-3-14(4-2)22-11-20-15-9-12(10-19-16(15)22)17(23)21-7-5-13(18)6-8-21/h9-11,13-14H,3-8H2,1-2H3. The summed E-state index contributed by atoms with van der Waals surface area (Å²) >= 11 is 0. The Labute approximate surface area is 135 Å². The first-order valence-corrected chi connectivity index (χ1v) is 8.40. The van der Waals surface area contributed by atoms with Crippen molar-refractivity contribution in [3.05, 3.63) is 24.2 Å². The Bertz CT molecular complexity index is 687. The van der Waals surface area contributed by atoms with Gasteiger partial charge in [0.05, 0.1) is 11.9 Å². The number of amides is 1. The fourth-order valence-electron chi connectivity index (χ4n) is 3.22. The van der Waals surface area contributed by atoms with Gasteiger partial charge in [0.15, 0.2) is 5.65 Å². The van der Waals surface area contributed by atoms with E-state index >= 15 is 0 Å². The molecule has 0 spiro atoms. The lowest BCUT2D eigenvalue weighted by atomic mass is 10.1. The van der Waals surface area contributed by atoms with Gasteiger partial charge in [-0.15, -0.1) is 0 Å². The van der Waals surface area contributed by atoms with Crippen LogP contribution in [0, 0.1) is 0 Å². The van der Waals surface area contributed by atoms with Crippen LogP contribution in [0.1, 0.15) is 55.9 Å². The molecular formula is C17H23FN4O. The van der Waals surface area contributed by atoms with Crippen LogP contribution in [0.2, 0.25) is 0 Å². The van der Waals surface area contributed by atoms with Gasteiger partial charge in [-0.25, -0.2) is 14.4 Å². The number of alkyl halides is 1. The Balaban J connectivity index is 1.85. The molecule has 5 nitrogen and oxygen atoms in total. The van der Waals surface area contributed by atoms with Crippen molar-refractivity contribution in [3.8, 4) is 0 Å². The predicted octanol–water partition coefficient (Wildman–Crippen LogP) is 3.37. The molecule has 0 N–H and O–H groups in total. The van der Waals surface area contributed by atoms with Gasteiger partial charge in [-0.05, 0) is 31.7 Å². The molecule has 2 aromatic rings. The molecule has 0 aliphatic carbocycles. The zero-order chi connectivity index (χ0) is 16.4. The maximum atomic E-state index is 13.2. The molecule has 0 atom stereocenters.